The number of hydrogen-bond donors (Lipinski definition) is 1. The highest BCUT2D eigenvalue weighted by Crippen LogP contribution is 2.33. The molecule has 0 aromatic heterocycles. The summed E-state index contributed by atoms with van der Waals surface area (Å²) in [6.45, 7) is 0.682. The van der Waals surface area contributed by atoms with E-state index in [9.17, 15) is 4.79 Å². The van der Waals surface area contributed by atoms with Gasteiger partial charge in [-0.15, -0.1) is 0 Å². The van der Waals surface area contributed by atoms with Gasteiger partial charge in [-0.25, -0.2) is 4.79 Å². The molecule has 0 radical (unpaired) electrons. The molecule has 0 bridgehead atoms. The molecule has 0 aliphatic rings. The summed E-state index contributed by atoms with van der Waals surface area (Å²) in [5.41, 5.74) is 1.08. The van der Waals surface area contributed by atoms with Crippen LogP contribution in [0.3, 0.4) is 0 Å². The highest BCUT2D eigenvalue weighted by Gasteiger charge is 2.08. The number of esters is 1. The van der Waals surface area contributed by atoms with Crippen LogP contribution in [0.4, 0.5) is 0 Å². The Balaban J connectivity index is 2.60. The molecule has 0 saturated heterocycles. The van der Waals surface area contributed by atoms with Gasteiger partial charge in [0.15, 0.2) is 11.5 Å². The highest BCUT2D eigenvalue weighted by atomic mass is 79.9. The predicted molar refractivity (Wildman–Crippen MR) is 80.1 cm³/mol. The Morgan fingerprint density at radius 1 is 1.25 bits per heavy atom. The third-order valence-corrected chi connectivity index (χ3v) is 3.37. The largest absolute Gasteiger partial charge is 0.493 e. The Morgan fingerprint density at radius 2 is 1.90 bits per heavy atom. The Labute approximate surface area is 127 Å². The van der Waals surface area contributed by atoms with Crippen LogP contribution >= 0.6 is 15.9 Å². The molecule has 110 valence electrons. The lowest BCUT2D eigenvalue weighted by Gasteiger charge is -2.11. The summed E-state index contributed by atoms with van der Waals surface area (Å²) in [7, 11) is 4.55. The van der Waals surface area contributed by atoms with Crippen LogP contribution in [0.15, 0.2) is 28.9 Å². The van der Waals surface area contributed by atoms with Gasteiger partial charge >= 0.3 is 5.97 Å². The Bertz CT molecular complexity index is 488. The van der Waals surface area contributed by atoms with Crippen molar-refractivity contribution in [1.29, 1.82) is 0 Å². The summed E-state index contributed by atoms with van der Waals surface area (Å²) >= 11 is 3.50. The van der Waals surface area contributed by atoms with Gasteiger partial charge in [-0.3, -0.25) is 0 Å². The van der Waals surface area contributed by atoms with Crippen LogP contribution < -0.4 is 14.8 Å². The molecule has 0 heterocycles. The SMILES string of the molecule is COC(=O)/C=C/NCCc1cc(OC)c(OC)cc1Br. The molecule has 1 aromatic carbocycles. The van der Waals surface area contributed by atoms with E-state index in [1.54, 1.807) is 20.4 Å². The number of benzene rings is 1. The molecule has 0 fully saturated rings. The summed E-state index contributed by atoms with van der Waals surface area (Å²) < 4.78 is 15.9. The van der Waals surface area contributed by atoms with Crippen molar-refractivity contribution in [2.24, 2.45) is 0 Å². The highest BCUT2D eigenvalue weighted by molar-refractivity contribution is 9.10. The van der Waals surface area contributed by atoms with E-state index in [4.69, 9.17) is 9.47 Å². The van der Waals surface area contributed by atoms with E-state index in [0.717, 1.165) is 16.5 Å². The molecule has 1 rings (SSSR count). The number of hydrogen-bond acceptors (Lipinski definition) is 5. The number of methoxy groups -OCH3 is 3. The van der Waals surface area contributed by atoms with Gasteiger partial charge in [0.05, 0.1) is 21.3 Å². The van der Waals surface area contributed by atoms with E-state index < -0.39 is 0 Å². The standard InChI is InChI=1S/C14H18BrNO4/c1-18-12-8-10(11(15)9-13(12)19-2)4-6-16-7-5-14(17)20-3/h5,7-9,16H,4,6H2,1-3H3/b7-5+. The zero-order valence-electron chi connectivity index (χ0n) is 11.7. The van der Waals surface area contributed by atoms with Gasteiger partial charge in [0.25, 0.3) is 0 Å². The number of nitrogens with one attached hydrogen (secondary N) is 1. The van der Waals surface area contributed by atoms with Gasteiger partial charge in [0.1, 0.15) is 0 Å². The number of carbonyl (C=O) groups is 1. The molecule has 0 spiro atoms. The molecule has 0 aliphatic carbocycles. The van der Waals surface area contributed by atoms with Crippen LogP contribution in [-0.2, 0) is 16.0 Å². The van der Waals surface area contributed by atoms with Gasteiger partial charge in [-0.05, 0) is 24.1 Å². The molecule has 0 aliphatic heterocycles. The molecule has 0 unspecified atom stereocenters. The fourth-order valence-corrected chi connectivity index (χ4v) is 2.09. The van der Waals surface area contributed by atoms with Crippen LogP contribution in [0.1, 0.15) is 5.56 Å². The van der Waals surface area contributed by atoms with E-state index in [1.165, 1.54) is 13.2 Å². The van der Waals surface area contributed by atoms with Crippen molar-refractivity contribution in [2.75, 3.05) is 27.9 Å². The molecule has 5 nitrogen and oxygen atoms in total. The lowest BCUT2D eigenvalue weighted by atomic mass is 10.1. The summed E-state index contributed by atoms with van der Waals surface area (Å²) in [5.74, 6) is 0.988. The van der Waals surface area contributed by atoms with Gasteiger partial charge in [-0.2, -0.15) is 0 Å². The van der Waals surface area contributed by atoms with Gasteiger partial charge in [-0.1, -0.05) is 15.9 Å². The second-order valence-electron chi connectivity index (χ2n) is 3.86. The topological polar surface area (TPSA) is 56.8 Å². The fourth-order valence-electron chi connectivity index (χ4n) is 1.57. The van der Waals surface area contributed by atoms with Gasteiger partial charge < -0.3 is 19.5 Å². The molecular formula is C14H18BrNO4. The normalized spacial score (nSPS) is 10.4. The lowest BCUT2D eigenvalue weighted by Crippen LogP contribution is -2.11. The minimum absolute atomic E-state index is 0.384. The van der Waals surface area contributed by atoms with E-state index in [0.29, 0.717) is 18.0 Å². The van der Waals surface area contributed by atoms with E-state index >= 15 is 0 Å². The molecule has 1 aromatic rings. The maximum atomic E-state index is 10.9. The maximum absolute atomic E-state index is 10.9. The molecule has 6 heteroatoms. The van der Waals surface area contributed by atoms with Crippen LogP contribution in [0.2, 0.25) is 0 Å². The number of ether oxygens (including phenoxy) is 3. The smallest absolute Gasteiger partial charge is 0.331 e. The van der Waals surface area contributed by atoms with Crippen molar-refractivity contribution in [3.05, 3.63) is 34.4 Å². The molecule has 1 N–H and O–H groups in total. The monoisotopic (exact) mass is 343 g/mol. The molecular weight excluding hydrogens is 326 g/mol. The first kappa shape index (κ1) is 16.4. The molecule has 20 heavy (non-hydrogen) atoms. The van der Waals surface area contributed by atoms with E-state index in [1.807, 2.05) is 12.1 Å². The maximum Gasteiger partial charge on any atom is 0.331 e. The van der Waals surface area contributed by atoms with Crippen LogP contribution in [0.5, 0.6) is 11.5 Å². The zero-order chi connectivity index (χ0) is 15.0. The second-order valence-corrected chi connectivity index (χ2v) is 4.71. The third-order valence-electron chi connectivity index (χ3n) is 2.63. The first-order valence-corrected chi connectivity index (χ1v) is 6.80. The summed E-state index contributed by atoms with van der Waals surface area (Å²) in [5, 5.41) is 3.02. The molecule has 0 amide bonds. The van der Waals surface area contributed by atoms with Crippen molar-refractivity contribution < 1.29 is 19.0 Å². The summed E-state index contributed by atoms with van der Waals surface area (Å²) in [4.78, 5) is 10.9. The average molecular weight is 344 g/mol. The Kier molecular flexibility index (Phi) is 6.93. The first-order valence-electron chi connectivity index (χ1n) is 6.00. The van der Waals surface area contributed by atoms with Crippen molar-refractivity contribution in [3.8, 4) is 11.5 Å². The number of halogens is 1. The average Bonchev–Trinajstić information content (AvgIpc) is 2.47. The van der Waals surface area contributed by atoms with Crippen LogP contribution in [-0.4, -0.2) is 33.8 Å². The van der Waals surface area contributed by atoms with Crippen molar-refractivity contribution in [3.63, 3.8) is 0 Å². The predicted octanol–water partition coefficient (Wildman–Crippen LogP) is 2.29. The third kappa shape index (κ3) is 4.77. The zero-order valence-corrected chi connectivity index (χ0v) is 13.3. The summed E-state index contributed by atoms with van der Waals surface area (Å²) in [6.07, 6.45) is 3.68. The van der Waals surface area contributed by atoms with Gasteiger partial charge in [0.2, 0.25) is 0 Å². The van der Waals surface area contributed by atoms with Crippen molar-refractivity contribution in [2.45, 2.75) is 6.42 Å². The second kappa shape index (κ2) is 8.47. The van der Waals surface area contributed by atoms with Crippen molar-refractivity contribution >= 4 is 21.9 Å². The molecule has 0 saturated carbocycles. The Morgan fingerprint density at radius 3 is 2.50 bits per heavy atom. The lowest BCUT2D eigenvalue weighted by molar-refractivity contribution is -0.134. The van der Waals surface area contributed by atoms with Crippen LogP contribution in [0, 0.1) is 0 Å². The quantitative estimate of drug-likeness (QED) is 0.467. The van der Waals surface area contributed by atoms with Crippen molar-refractivity contribution in [1.82, 2.24) is 5.32 Å². The van der Waals surface area contributed by atoms with Gasteiger partial charge in [0, 0.05) is 23.3 Å². The van der Waals surface area contributed by atoms with E-state index in [2.05, 4.69) is 26.0 Å². The van der Waals surface area contributed by atoms with E-state index in [-0.39, 0.29) is 5.97 Å². The van der Waals surface area contributed by atoms with Crippen LogP contribution in [0.25, 0.3) is 0 Å². The fraction of sp³-hybridized carbons (Fsp3) is 0.357. The summed E-state index contributed by atoms with van der Waals surface area (Å²) in [6, 6.07) is 3.80. The number of carbonyl (C=O) groups excluding carboxylic acids is 1. The minimum Gasteiger partial charge on any atom is -0.493 e. The number of rotatable bonds is 7. The molecule has 0 atom stereocenters. The minimum atomic E-state index is -0.384. The Hall–Kier alpha value is -1.69. The first-order chi connectivity index (χ1) is 9.62.